The summed E-state index contributed by atoms with van der Waals surface area (Å²) in [4.78, 5) is 33.7. The van der Waals surface area contributed by atoms with E-state index < -0.39 is 17.4 Å². The largest absolute Gasteiger partial charge is 0.358 e. The molecule has 5 rings (SSSR count). The Morgan fingerprint density at radius 3 is 2.75 bits per heavy atom. The average Bonchev–Trinajstić information content (AvgIpc) is 3.27. The third-order valence-electron chi connectivity index (χ3n) is 5.00. The van der Waals surface area contributed by atoms with E-state index in [2.05, 4.69) is 30.2 Å². The highest BCUT2D eigenvalue weighted by Crippen LogP contribution is 2.29. The number of benzene rings is 2. The van der Waals surface area contributed by atoms with Crippen molar-refractivity contribution in [1.29, 1.82) is 0 Å². The molecule has 0 radical (unpaired) electrons. The van der Waals surface area contributed by atoms with Crippen LogP contribution in [0.4, 0.5) is 10.2 Å². The Morgan fingerprint density at radius 1 is 1.12 bits per heavy atom. The van der Waals surface area contributed by atoms with Crippen molar-refractivity contribution in [2.75, 3.05) is 5.32 Å². The molecule has 0 bridgehead atoms. The average molecular weight is 470 g/mol. The van der Waals surface area contributed by atoms with E-state index in [1.807, 2.05) is 6.92 Å². The van der Waals surface area contributed by atoms with Crippen molar-refractivity contribution in [3.63, 3.8) is 0 Å². The zero-order chi connectivity index (χ0) is 22.4. The fourth-order valence-corrected chi connectivity index (χ4v) is 3.98. The Morgan fingerprint density at radius 2 is 1.94 bits per heavy atom. The van der Waals surface area contributed by atoms with Gasteiger partial charge in [0.2, 0.25) is 0 Å². The molecule has 0 aliphatic heterocycles. The first-order valence-corrected chi connectivity index (χ1v) is 10.3. The molecule has 0 saturated carbocycles. The number of halogens is 3. The molecule has 0 spiro atoms. The summed E-state index contributed by atoms with van der Waals surface area (Å²) in [6.07, 6.45) is 2.91. The maximum atomic E-state index is 14.1. The molecule has 2 N–H and O–H groups in total. The fourth-order valence-electron chi connectivity index (χ4n) is 3.52. The van der Waals surface area contributed by atoms with Gasteiger partial charge >= 0.3 is 0 Å². The first-order chi connectivity index (χ1) is 15.5. The molecule has 3 heterocycles. The molecule has 160 valence electrons. The third-order valence-corrected chi connectivity index (χ3v) is 5.69. The summed E-state index contributed by atoms with van der Waals surface area (Å²) in [7, 11) is 0. The molecule has 3 aromatic heterocycles. The number of para-hydroxylation sites is 1. The summed E-state index contributed by atoms with van der Waals surface area (Å²) in [5.74, 6) is 0.0890. The maximum Gasteiger partial charge on any atom is 0.267 e. The lowest BCUT2D eigenvalue weighted by molar-refractivity contribution is 0.629. The SMILES string of the molecule is CC(Nc1ncnc2[nH]cnc12)c1nc2ccc(F)c(Cl)c2c(=O)n1-c1ccccc1Cl. The van der Waals surface area contributed by atoms with Gasteiger partial charge in [-0.1, -0.05) is 35.3 Å². The van der Waals surface area contributed by atoms with Gasteiger partial charge in [0.25, 0.3) is 5.56 Å². The predicted molar refractivity (Wildman–Crippen MR) is 121 cm³/mol. The Bertz CT molecular complexity index is 1550. The van der Waals surface area contributed by atoms with Gasteiger partial charge in [-0.25, -0.2) is 24.3 Å². The Hall–Kier alpha value is -3.56. The molecule has 0 saturated heterocycles. The van der Waals surface area contributed by atoms with E-state index >= 15 is 0 Å². The number of hydrogen-bond donors (Lipinski definition) is 2. The molecule has 0 aliphatic rings. The van der Waals surface area contributed by atoms with E-state index in [0.29, 0.717) is 33.5 Å². The van der Waals surface area contributed by atoms with Crippen molar-refractivity contribution in [1.82, 2.24) is 29.5 Å². The number of H-pyrrole nitrogens is 1. The third kappa shape index (κ3) is 3.26. The van der Waals surface area contributed by atoms with Gasteiger partial charge in [-0.05, 0) is 31.2 Å². The van der Waals surface area contributed by atoms with Crippen molar-refractivity contribution in [3.05, 3.63) is 81.1 Å². The summed E-state index contributed by atoms with van der Waals surface area (Å²) in [5.41, 5.74) is 1.22. The fraction of sp³-hybridized carbons (Fsp3) is 0.0952. The molecule has 11 heteroatoms. The molecule has 0 amide bonds. The number of nitrogens with zero attached hydrogens (tertiary/aromatic N) is 5. The van der Waals surface area contributed by atoms with Gasteiger partial charge in [0.05, 0.1) is 39.0 Å². The standard InChI is InChI=1S/C21H14Cl2FN7O/c1-10(29-19-17-18(26-8-25-17)27-9-28-19)20-30-13-7-6-12(24)16(23)15(13)21(32)31(20)14-5-3-2-4-11(14)22/h2-10H,1H3,(H2,25,26,27,28,29). The molecule has 5 aromatic rings. The molecule has 32 heavy (non-hydrogen) atoms. The number of fused-ring (bicyclic) bond motifs is 2. The van der Waals surface area contributed by atoms with Gasteiger partial charge in [-0.2, -0.15) is 0 Å². The van der Waals surface area contributed by atoms with Gasteiger partial charge < -0.3 is 10.3 Å². The van der Waals surface area contributed by atoms with Crippen molar-refractivity contribution in [3.8, 4) is 5.69 Å². The molecular formula is C21H14Cl2FN7O. The van der Waals surface area contributed by atoms with Gasteiger partial charge in [0.1, 0.15) is 23.5 Å². The molecule has 0 aliphatic carbocycles. The summed E-state index contributed by atoms with van der Waals surface area (Å²) in [5, 5.41) is 3.24. The van der Waals surface area contributed by atoms with Crippen LogP contribution in [0.25, 0.3) is 27.8 Å². The second-order valence-corrected chi connectivity index (χ2v) is 7.79. The molecular weight excluding hydrogens is 456 g/mol. The van der Waals surface area contributed by atoms with Crippen LogP contribution < -0.4 is 10.9 Å². The number of anilines is 1. The lowest BCUT2D eigenvalue weighted by Gasteiger charge is -2.21. The minimum Gasteiger partial charge on any atom is -0.358 e. The summed E-state index contributed by atoms with van der Waals surface area (Å²) in [6, 6.07) is 8.89. The lowest BCUT2D eigenvalue weighted by Crippen LogP contribution is -2.28. The summed E-state index contributed by atoms with van der Waals surface area (Å²) >= 11 is 12.5. The normalized spacial score (nSPS) is 12.4. The second-order valence-electron chi connectivity index (χ2n) is 7.01. The van der Waals surface area contributed by atoms with Gasteiger partial charge in [0, 0.05) is 0 Å². The minimum atomic E-state index is -0.704. The molecule has 0 fully saturated rings. The van der Waals surface area contributed by atoms with E-state index in [4.69, 9.17) is 23.2 Å². The highest BCUT2D eigenvalue weighted by atomic mass is 35.5. The van der Waals surface area contributed by atoms with Gasteiger partial charge in [-0.3, -0.25) is 9.36 Å². The van der Waals surface area contributed by atoms with Crippen LogP contribution in [0.1, 0.15) is 18.8 Å². The van der Waals surface area contributed by atoms with Gasteiger partial charge in [0.15, 0.2) is 11.5 Å². The van der Waals surface area contributed by atoms with E-state index in [1.165, 1.54) is 29.4 Å². The molecule has 8 nitrogen and oxygen atoms in total. The minimum absolute atomic E-state index is 0.0285. The molecule has 1 atom stereocenters. The summed E-state index contributed by atoms with van der Waals surface area (Å²) < 4.78 is 15.5. The van der Waals surface area contributed by atoms with Crippen LogP contribution in [-0.4, -0.2) is 29.5 Å². The zero-order valence-electron chi connectivity index (χ0n) is 16.5. The monoisotopic (exact) mass is 469 g/mol. The quantitative estimate of drug-likeness (QED) is 0.396. The summed E-state index contributed by atoms with van der Waals surface area (Å²) in [6.45, 7) is 1.81. The number of aromatic nitrogens is 6. The van der Waals surface area contributed by atoms with Crippen LogP contribution >= 0.6 is 23.2 Å². The highest BCUT2D eigenvalue weighted by Gasteiger charge is 2.22. The van der Waals surface area contributed by atoms with Crippen LogP contribution in [-0.2, 0) is 0 Å². The smallest absolute Gasteiger partial charge is 0.267 e. The van der Waals surface area contributed by atoms with Gasteiger partial charge in [-0.15, -0.1) is 0 Å². The van der Waals surface area contributed by atoms with E-state index in [0.717, 1.165) is 0 Å². The van der Waals surface area contributed by atoms with Crippen molar-refractivity contribution in [2.45, 2.75) is 13.0 Å². The number of aromatic amines is 1. The number of imidazole rings is 1. The molecule has 1 unspecified atom stereocenters. The predicted octanol–water partition coefficient (Wildman–Crippen LogP) is 4.67. The van der Waals surface area contributed by atoms with Crippen LogP contribution in [0.3, 0.4) is 0 Å². The Kier molecular flexibility index (Phi) is 4.99. The molecule has 2 aromatic carbocycles. The van der Waals surface area contributed by atoms with E-state index in [9.17, 15) is 9.18 Å². The first-order valence-electron chi connectivity index (χ1n) is 9.52. The Balaban J connectivity index is 1.75. The highest BCUT2D eigenvalue weighted by molar-refractivity contribution is 6.35. The van der Waals surface area contributed by atoms with E-state index in [-0.39, 0.29) is 15.9 Å². The number of hydrogen-bond acceptors (Lipinski definition) is 6. The van der Waals surface area contributed by atoms with Crippen LogP contribution in [0, 0.1) is 5.82 Å². The second kappa shape index (κ2) is 7.85. The van der Waals surface area contributed by atoms with Crippen molar-refractivity contribution >= 4 is 51.1 Å². The lowest BCUT2D eigenvalue weighted by atomic mass is 10.2. The van der Waals surface area contributed by atoms with Crippen LogP contribution in [0.15, 0.2) is 53.8 Å². The van der Waals surface area contributed by atoms with Crippen molar-refractivity contribution < 1.29 is 4.39 Å². The van der Waals surface area contributed by atoms with Crippen LogP contribution in [0.5, 0.6) is 0 Å². The number of rotatable bonds is 4. The first kappa shape index (κ1) is 20.3. The van der Waals surface area contributed by atoms with Crippen LogP contribution in [0.2, 0.25) is 10.0 Å². The topological polar surface area (TPSA) is 101 Å². The Labute approximate surface area is 190 Å². The van der Waals surface area contributed by atoms with Crippen molar-refractivity contribution in [2.24, 2.45) is 0 Å². The zero-order valence-corrected chi connectivity index (χ0v) is 18.0. The maximum absolute atomic E-state index is 14.1. The number of nitrogens with one attached hydrogen (secondary N) is 2. The van der Waals surface area contributed by atoms with E-state index in [1.54, 1.807) is 24.3 Å².